The Morgan fingerprint density at radius 2 is 1.58 bits per heavy atom. The topological polar surface area (TPSA) is 247 Å². The number of halogens is 8. The zero-order chi connectivity index (χ0) is 43.6. The van der Waals surface area contributed by atoms with E-state index in [1.165, 1.54) is 12.3 Å². The Kier molecular flexibility index (Phi) is 17.3. The number of allylic oxidation sites excluding steroid dienone is 1. The summed E-state index contributed by atoms with van der Waals surface area (Å²) in [5, 5.41) is 30.3. The molecule has 1 aliphatic heterocycles. The van der Waals surface area contributed by atoms with Crippen molar-refractivity contribution in [1.82, 2.24) is 15.2 Å². The van der Waals surface area contributed by atoms with Crippen molar-refractivity contribution >= 4 is 58.7 Å². The third-order valence-electron chi connectivity index (χ3n) is 9.01. The molecule has 5 rings (SSSR count). The summed E-state index contributed by atoms with van der Waals surface area (Å²) in [6, 6.07) is -0.527. The molecule has 9 N–H and O–H groups in total. The zero-order valence-electron chi connectivity index (χ0n) is 30.2. The van der Waals surface area contributed by atoms with Crippen LogP contribution in [0.1, 0.15) is 51.5 Å². The van der Waals surface area contributed by atoms with E-state index in [2.05, 4.69) is 10.6 Å². The SMILES string of the molecule is C=O.C[C@@H](NC(=O)[C@@H](N)CCCCN)C(=O)NC1C=CCC2CN(c3c(F)cc4c(=O)c(O)cn(C5CC5)c4c3Cl)CC21.O=C(O)C(F)(F)F.O=C(O)C(F)(F)F. The van der Waals surface area contributed by atoms with E-state index in [1.807, 2.05) is 23.8 Å². The summed E-state index contributed by atoms with van der Waals surface area (Å²) in [7, 11) is 0. The molecule has 318 valence electrons. The third kappa shape index (κ3) is 13.0. The van der Waals surface area contributed by atoms with Crippen molar-refractivity contribution in [3.05, 3.63) is 45.5 Å². The van der Waals surface area contributed by atoms with Gasteiger partial charge in [0, 0.05) is 25.0 Å². The van der Waals surface area contributed by atoms with E-state index in [1.54, 1.807) is 11.5 Å². The highest BCUT2D eigenvalue weighted by atomic mass is 35.5. The van der Waals surface area contributed by atoms with Crippen molar-refractivity contribution in [2.75, 3.05) is 24.5 Å². The number of anilines is 1. The number of fused-ring (bicyclic) bond motifs is 2. The van der Waals surface area contributed by atoms with E-state index in [0.29, 0.717) is 31.6 Å². The predicted octanol–water partition coefficient (Wildman–Crippen LogP) is 3.37. The molecule has 15 nitrogen and oxygen atoms in total. The second-order valence-electron chi connectivity index (χ2n) is 13.2. The summed E-state index contributed by atoms with van der Waals surface area (Å²) in [5.41, 5.74) is 11.5. The number of pyridine rings is 1. The van der Waals surface area contributed by atoms with Crippen LogP contribution in [0.2, 0.25) is 5.02 Å². The number of aliphatic carboxylic acids is 2. The number of nitrogens with two attached hydrogens (primary N) is 2. The Morgan fingerprint density at radius 1 is 1.02 bits per heavy atom. The number of unbranched alkanes of at least 4 members (excludes halogenated alkanes) is 1. The number of amides is 2. The van der Waals surface area contributed by atoms with Gasteiger partial charge < -0.3 is 51.7 Å². The molecule has 2 heterocycles. The van der Waals surface area contributed by atoms with Gasteiger partial charge in [0.1, 0.15) is 18.6 Å². The minimum Gasteiger partial charge on any atom is -0.503 e. The fourth-order valence-electron chi connectivity index (χ4n) is 6.10. The lowest BCUT2D eigenvalue weighted by Crippen LogP contribution is -2.53. The molecule has 2 aliphatic carbocycles. The van der Waals surface area contributed by atoms with Gasteiger partial charge in [0.05, 0.1) is 39.9 Å². The highest BCUT2D eigenvalue weighted by molar-refractivity contribution is 6.38. The number of nitrogens with zero attached hydrogens (tertiary/aromatic N) is 2. The molecule has 0 spiro atoms. The van der Waals surface area contributed by atoms with Gasteiger partial charge in [0.2, 0.25) is 17.2 Å². The first-order valence-corrected chi connectivity index (χ1v) is 17.5. The number of rotatable bonds is 10. The number of hydrogen-bond acceptors (Lipinski definition) is 10. The third-order valence-corrected chi connectivity index (χ3v) is 9.37. The van der Waals surface area contributed by atoms with Gasteiger partial charge in [0.15, 0.2) is 5.75 Å². The van der Waals surface area contributed by atoms with Gasteiger partial charge in [-0.2, -0.15) is 26.3 Å². The standard InChI is InChI=1S/C29H38ClFN6O4.2C2HF3O2.CH2O/c1-15(34-29(41)21(33)6-2-3-10-32)28(40)35-22-7-4-5-16-12-36(13-19(16)22)26-20(31)11-18-25(24(26)30)37(17-8-9-17)14-23(38)27(18)39;2*3-2(4,5)1(6)7;1-2/h4,7,11,14-17,19,21-22,38H,2-3,5-6,8-10,12-13,32-33H2,1H3,(H,34,41)(H,35,40);2*(H,6,7);1H2/t15-,16?,19?,21+,22?;;;/m1.../s1. The first-order chi connectivity index (χ1) is 26.5. The van der Waals surface area contributed by atoms with Crippen molar-refractivity contribution in [1.29, 1.82) is 0 Å². The number of benzene rings is 1. The Hall–Kier alpha value is -4.96. The van der Waals surface area contributed by atoms with Crippen LogP contribution in [0.15, 0.2) is 29.2 Å². The zero-order valence-corrected chi connectivity index (χ0v) is 31.0. The molecule has 3 aliphatic rings. The largest absolute Gasteiger partial charge is 0.503 e. The maximum Gasteiger partial charge on any atom is 0.490 e. The lowest BCUT2D eigenvalue weighted by molar-refractivity contribution is -0.193. The Morgan fingerprint density at radius 3 is 2.09 bits per heavy atom. The van der Waals surface area contributed by atoms with Gasteiger partial charge in [-0.15, -0.1) is 0 Å². The Bertz CT molecular complexity index is 1830. The number of aromatic nitrogens is 1. The summed E-state index contributed by atoms with van der Waals surface area (Å²) in [6.45, 7) is 5.12. The first-order valence-electron chi connectivity index (χ1n) is 17.1. The highest BCUT2D eigenvalue weighted by Crippen LogP contribution is 2.45. The van der Waals surface area contributed by atoms with Crippen LogP contribution >= 0.6 is 11.6 Å². The molecule has 1 saturated heterocycles. The number of carbonyl (C=O) groups excluding carboxylic acids is 3. The fourth-order valence-corrected chi connectivity index (χ4v) is 6.50. The average molecular weight is 847 g/mol. The van der Waals surface area contributed by atoms with Crippen molar-refractivity contribution in [3.8, 4) is 5.75 Å². The molecule has 2 amide bonds. The van der Waals surface area contributed by atoms with Crippen molar-refractivity contribution in [2.24, 2.45) is 23.3 Å². The number of alkyl halides is 6. The van der Waals surface area contributed by atoms with Crippen LogP contribution in [-0.2, 0) is 24.0 Å². The molecular formula is C34H42ClF7N6O9. The minimum absolute atomic E-state index is 0.0121. The summed E-state index contributed by atoms with van der Waals surface area (Å²) < 4.78 is 80.8. The Balaban J connectivity index is 0.000000594. The Labute approximate surface area is 324 Å². The number of carboxylic acid groups (broad SMARTS) is 2. The van der Waals surface area contributed by atoms with E-state index < -0.39 is 53.4 Å². The molecule has 0 bridgehead atoms. The summed E-state index contributed by atoms with van der Waals surface area (Å²) in [6.07, 6.45) is -0.258. The van der Waals surface area contributed by atoms with Crippen LogP contribution in [0, 0.1) is 17.7 Å². The molecule has 1 saturated carbocycles. The predicted molar refractivity (Wildman–Crippen MR) is 191 cm³/mol. The van der Waals surface area contributed by atoms with Crippen LogP contribution in [0.25, 0.3) is 10.9 Å². The first kappa shape index (κ1) is 48.2. The molecule has 57 heavy (non-hydrogen) atoms. The number of nitrogens with one attached hydrogen (secondary N) is 2. The van der Waals surface area contributed by atoms with Crippen LogP contribution in [0.3, 0.4) is 0 Å². The van der Waals surface area contributed by atoms with Crippen LogP contribution in [0.4, 0.5) is 36.4 Å². The summed E-state index contributed by atoms with van der Waals surface area (Å²) in [5.74, 6) is -7.15. The molecule has 2 fully saturated rings. The van der Waals surface area contributed by atoms with Gasteiger partial charge in [-0.05, 0) is 57.6 Å². The van der Waals surface area contributed by atoms with Crippen molar-refractivity contribution < 1.29 is 70.0 Å². The summed E-state index contributed by atoms with van der Waals surface area (Å²) >= 11 is 6.84. The molecule has 2 aromatic rings. The maximum atomic E-state index is 15.6. The second-order valence-corrected chi connectivity index (χ2v) is 13.5. The van der Waals surface area contributed by atoms with Gasteiger partial charge in [-0.1, -0.05) is 30.2 Å². The maximum absolute atomic E-state index is 15.6. The van der Waals surface area contributed by atoms with Crippen LogP contribution in [-0.4, -0.2) is 101 Å². The molecule has 3 unspecified atom stereocenters. The normalized spacial score (nSPS) is 19.6. The lowest BCUT2D eigenvalue weighted by atomic mass is 9.82. The quantitative estimate of drug-likeness (QED) is 0.103. The minimum atomic E-state index is -5.08. The van der Waals surface area contributed by atoms with E-state index >= 15 is 4.39 Å². The van der Waals surface area contributed by atoms with Crippen LogP contribution in [0.5, 0.6) is 5.75 Å². The smallest absolute Gasteiger partial charge is 0.490 e. The molecule has 23 heteroatoms. The monoisotopic (exact) mass is 846 g/mol. The number of hydrogen-bond donors (Lipinski definition) is 7. The van der Waals surface area contributed by atoms with E-state index in [-0.39, 0.29) is 51.8 Å². The van der Waals surface area contributed by atoms with Gasteiger partial charge >= 0.3 is 24.3 Å². The number of aromatic hydroxyl groups is 1. The highest BCUT2D eigenvalue weighted by Gasteiger charge is 2.42. The van der Waals surface area contributed by atoms with E-state index in [4.69, 9.17) is 47.7 Å². The molecule has 1 aromatic carbocycles. The number of carbonyl (C=O) groups is 5. The van der Waals surface area contributed by atoms with Crippen molar-refractivity contribution in [3.63, 3.8) is 0 Å². The van der Waals surface area contributed by atoms with Crippen molar-refractivity contribution in [2.45, 2.75) is 82.0 Å². The average Bonchev–Trinajstić information content (AvgIpc) is 3.89. The number of carboxylic acids is 2. The molecule has 1 aromatic heterocycles. The molecule has 0 radical (unpaired) electrons. The van der Waals surface area contributed by atoms with Gasteiger partial charge in [-0.3, -0.25) is 14.4 Å². The van der Waals surface area contributed by atoms with Gasteiger partial charge in [0.25, 0.3) is 0 Å². The molecule has 5 atom stereocenters. The molecular weight excluding hydrogens is 805 g/mol. The van der Waals surface area contributed by atoms with Crippen LogP contribution < -0.4 is 32.4 Å². The second kappa shape index (κ2) is 20.5. The summed E-state index contributed by atoms with van der Waals surface area (Å²) in [4.78, 5) is 65.8. The lowest BCUT2D eigenvalue weighted by Gasteiger charge is -2.30. The fraction of sp³-hybridized carbons (Fsp3) is 0.529. The van der Waals surface area contributed by atoms with Gasteiger partial charge in [-0.25, -0.2) is 14.0 Å². The van der Waals surface area contributed by atoms with E-state index in [0.717, 1.165) is 32.1 Å². The van der Waals surface area contributed by atoms with E-state index in [9.17, 15) is 45.8 Å².